The number of benzene rings is 1. The molecule has 1 aliphatic heterocycles. The number of nitrogens with zero attached hydrogens (tertiary/aromatic N) is 1. The number of rotatable bonds is 5. The Kier molecular flexibility index (Phi) is 5.05. The molecule has 106 valence electrons. The van der Waals surface area contributed by atoms with E-state index in [2.05, 4.69) is 24.0 Å². The molecule has 0 radical (unpaired) electrons. The van der Waals surface area contributed by atoms with Gasteiger partial charge in [-0.3, -0.25) is 0 Å². The van der Waals surface area contributed by atoms with Crippen LogP contribution >= 0.6 is 0 Å². The van der Waals surface area contributed by atoms with E-state index in [1.807, 2.05) is 13.0 Å². The summed E-state index contributed by atoms with van der Waals surface area (Å²) < 4.78 is 10.7. The van der Waals surface area contributed by atoms with Crippen LogP contribution in [0.4, 0.5) is 5.69 Å². The Morgan fingerprint density at radius 1 is 1.32 bits per heavy atom. The Bertz CT molecular complexity index is 401. The molecular formula is C15H24N2O2. The molecule has 0 atom stereocenters. The average Bonchev–Trinajstić information content (AvgIpc) is 2.41. The molecule has 1 fully saturated rings. The average molecular weight is 264 g/mol. The number of anilines is 1. The van der Waals surface area contributed by atoms with Gasteiger partial charge in [0.2, 0.25) is 0 Å². The summed E-state index contributed by atoms with van der Waals surface area (Å²) in [7, 11) is 0. The van der Waals surface area contributed by atoms with Crippen LogP contribution in [0.2, 0.25) is 0 Å². The minimum atomic E-state index is 0.313. The second-order valence-electron chi connectivity index (χ2n) is 5.03. The Labute approximate surface area is 115 Å². The van der Waals surface area contributed by atoms with Crippen LogP contribution in [0.15, 0.2) is 18.2 Å². The highest BCUT2D eigenvalue weighted by Gasteiger charge is 2.17. The van der Waals surface area contributed by atoms with E-state index in [0.29, 0.717) is 19.4 Å². The van der Waals surface area contributed by atoms with E-state index in [0.717, 1.165) is 31.7 Å². The molecule has 0 unspecified atom stereocenters. The maximum Gasteiger partial charge on any atom is 0.189 e. The molecule has 1 aromatic carbocycles. The summed E-state index contributed by atoms with van der Waals surface area (Å²) in [6, 6.07) is 6.58. The van der Waals surface area contributed by atoms with Gasteiger partial charge in [0.1, 0.15) is 5.75 Å². The van der Waals surface area contributed by atoms with Crippen LogP contribution in [0.25, 0.3) is 0 Å². The Morgan fingerprint density at radius 2 is 2.05 bits per heavy atom. The number of hydrogen-bond acceptors (Lipinski definition) is 4. The van der Waals surface area contributed by atoms with E-state index in [4.69, 9.17) is 15.2 Å². The molecule has 0 aromatic heterocycles. The zero-order chi connectivity index (χ0) is 13.7. The van der Waals surface area contributed by atoms with Gasteiger partial charge >= 0.3 is 0 Å². The maximum absolute atomic E-state index is 5.94. The van der Waals surface area contributed by atoms with Crippen molar-refractivity contribution in [2.75, 3.05) is 31.4 Å². The molecule has 1 aromatic rings. The van der Waals surface area contributed by atoms with Gasteiger partial charge in [-0.1, -0.05) is 0 Å². The third-order valence-electron chi connectivity index (χ3n) is 3.56. The highest BCUT2D eigenvalue weighted by atomic mass is 16.7. The fourth-order valence-electron chi connectivity index (χ4n) is 2.41. The number of ether oxygens (including phenoxy) is 2. The Morgan fingerprint density at radius 3 is 2.68 bits per heavy atom. The van der Waals surface area contributed by atoms with E-state index in [-0.39, 0.29) is 0 Å². The number of hydrogen-bond donors (Lipinski definition) is 1. The zero-order valence-electron chi connectivity index (χ0n) is 11.9. The van der Waals surface area contributed by atoms with Crippen molar-refractivity contribution >= 4 is 5.69 Å². The zero-order valence-corrected chi connectivity index (χ0v) is 11.9. The van der Waals surface area contributed by atoms with Gasteiger partial charge in [-0.15, -0.1) is 0 Å². The van der Waals surface area contributed by atoms with Gasteiger partial charge in [0.15, 0.2) is 6.79 Å². The molecule has 2 N–H and O–H groups in total. The van der Waals surface area contributed by atoms with Crippen molar-refractivity contribution in [3.63, 3.8) is 0 Å². The maximum atomic E-state index is 5.94. The van der Waals surface area contributed by atoms with E-state index < -0.39 is 0 Å². The monoisotopic (exact) mass is 264 g/mol. The second-order valence-corrected chi connectivity index (χ2v) is 5.03. The Hall–Kier alpha value is -1.26. The number of piperidine rings is 1. The van der Waals surface area contributed by atoms with Crippen LogP contribution in [0.1, 0.15) is 25.3 Å². The van der Waals surface area contributed by atoms with Crippen LogP contribution in [0, 0.1) is 6.92 Å². The predicted octanol–water partition coefficient (Wildman–Crippen LogP) is 2.30. The van der Waals surface area contributed by atoms with Crippen LogP contribution < -0.4 is 15.4 Å². The van der Waals surface area contributed by atoms with E-state index in [1.165, 1.54) is 11.3 Å². The standard InChI is InChI=1S/C15H24N2O2/c1-3-18-11-19-14-4-5-15(12(2)10-14)17-8-6-13(16)7-9-17/h4-5,10,13H,3,6-9,11,16H2,1-2H3. The lowest BCUT2D eigenvalue weighted by Gasteiger charge is -2.33. The summed E-state index contributed by atoms with van der Waals surface area (Å²) >= 11 is 0. The molecule has 4 heteroatoms. The molecule has 1 heterocycles. The van der Waals surface area contributed by atoms with Gasteiger partial charge in [0.05, 0.1) is 0 Å². The van der Waals surface area contributed by atoms with Crippen LogP contribution in [-0.4, -0.2) is 32.5 Å². The van der Waals surface area contributed by atoms with E-state index >= 15 is 0 Å². The molecule has 0 amide bonds. The predicted molar refractivity (Wildman–Crippen MR) is 77.7 cm³/mol. The first kappa shape index (κ1) is 14.2. The highest BCUT2D eigenvalue weighted by molar-refractivity contribution is 5.56. The summed E-state index contributed by atoms with van der Waals surface area (Å²) in [5.74, 6) is 0.864. The van der Waals surface area contributed by atoms with Crippen molar-refractivity contribution in [2.24, 2.45) is 5.73 Å². The lowest BCUT2D eigenvalue weighted by molar-refractivity contribution is 0.0224. The van der Waals surface area contributed by atoms with Gasteiger partial charge in [-0.05, 0) is 50.5 Å². The first-order chi connectivity index (χ1) is 9.20. The van der Waals surface area contributed by atoms with Crippen LogP contribution in [0.3, 0.4) is 0 Å². The van der Waals surface area contributed by atoms with E-state index in [9.17, 15) is 0 Å². The lowest BCUT2D eigenvalue weighted by atomic mass is 10.0. The molecule has 2 rings (SSSR count). The fraction of sp³-hybridized carbons (Fsp3) is 0.600. The minimum Gasteiger partial charge on any atom is -0.468 e. The third-order valence-corrected chi connectivity index (χ3v) is 3.56. The molecular weight excluding hydrogens is 240 g/mol. The third kappa shape index (κ3) is 3.85. The summed E-state index contributed by atoms with van der Waals surface area (Å²) in [5, 5.41) is 0. The van der Waals surface area contributed by atoms with Crippen molar-refractivity contribution in [3.05, 3.63) is 23.8 Å². The summed E-state index contributed by atoms with van der Waals surface area (Å²) in [5.41, 5.74) is 8.47. The minimum absolute atomic E-state index is 0.313. The molecule has 0 bridgehead atoms. The Balaban J connectivity index is 1.98. The van der Waals surface area contributed by atoms with Crippen molar-refractivity contribution in [3.8, 4) is 5.75 Å². The normalized spacial score (nSPS) is 16.7. The molecule has 0 aliphatic carbocycles. The number of aryl methyl sites for hydroxylation is 1. The van der Waals surface area contributed by atoms with Gasteiger partial charge in [-0.25, -0.2) is 0 Å². The SMILES string of the molecule is CCOCOc1ccc(N2CCC(N)CC2)c(C)c1. The highest BCUT2D eigenvalue weighted by Crippen LogP contribution is 2.27. The van der Waals surface area contributed by atoms with Crippen LogP contribution in [-0.2, 0) is 4.74 Å². The first-order valence-electron chi connectivity index (χ1n) is 7.02. The first-order valence-corrected chi connectivity index (χ1v) is 7.02. The lowest BCUT2D eigenvalue weighted by Crippen LogP contribution is -2.39. The molecule has 4 nitrogen and oxygen atoms in total. The molecule has 0 spiro atoms. The summed E-state index contributed by atoms with van der Waals surface area (Å²) in [6.45, 7) is 7.15. The van der Waals surface area contributed by atoms with Crippen LogP contribution in [0.5, 0.6) is 5.75 Å². The summed E-state index contributed by atoms with van der Waals surface area (Å²) in [4.78, 5) is 2.41. The number of nitrogens with two attached hydrogens (primary N) is 1. The van der Waals surface area contributed by atoms with Crippen molar-refractivity contribution in [1.29, 1.82) is 0 Å². The smallest absolute Gasteiger partial charge is 0.189 e. The van der Waals surface area contributed by atoms with Gasteiger partial charge in [-0.2, -0.15) is 0 Å². The molecule has 1 saturated heterocycles. The molecule has 1 aliphatic rings. The fourth-order valence-corrected chi connectivity index (χ4v) is 2.41. The molecule has 0 saturated carbocycles. The van der Waals surface area contributed by atoms with Gasteiger partial charge in [0.25, 0.3) is 0 Å². The topological polar surface area (TPSA) is 47.7 Å². The van der Waals surface area contributed by atoms with E-state index in [1.54, 1.807) is 0 Å². The quantitative estimate of drug-likeness (QED) is 0.655. The largest absolute Gasteiger partial charge is 0.468 e. The summed E-state index contributed by atoms with van der Waals surface area (Å²) in [6.07, 6.45) is 2.14. The van der Waals surface area contributed by atoms with Gasteiger partial charge < -0.3 is 20.1 Å². The van der Waals surface area contributed by atoms with Crippen molar-refractivity contribution < 1.29 is 9.47 Å². The second kappa shape index (κ2) is 6.78. The van der Waals surface area contributed by atoms with Crippen molar-refractivity contribution in [1.82, 2.24) is 0 Å². The van der Waals surface area contributed by atoms with Crippen molar-refractivity contribution in [2.45, 2.75) is 32.7 Å². The van der Waals surface area contributed by atoms with Gasteiger partial charge in [0, 0.05) is 31.4 Å². The molecule has 19 heavy (non-hydrogen) atoms.